The first-order valence-electron chi connectivity index (χ1n) is 10.0. The quantitative estimate of drug-likeness (QED) is 0.559. The number of benzene rings is 2. The molecule has 0 spiro atoms. The molecule has 8 nitrogen and oxygen atoms in total. The van der Waals surface area contributed by atoms with Crippen molar-refractivity contribution in [1.29, 1.82) is 0 Å². The van der Waals surface area contributed by atoms with Crippen molar-refractivity contribution in [1.82, 2.24) is 15.1 Å². The van der Waals surface area contributed by atoms with Gasteiger partial charge in [0, 0.05) is 12.6 Å². The van der Waals surface area contributed by atoms with Crippen molar-refractivity contribution >= 4 is 15.7 Å². The molecule has 0 aliphatic rings. The monoisotopic (exact) mass is 455 g/mol. The molecule has 0 saturated heterocycles. The summed E-state index contributed by atoms with van der Waals surface area (Å²) in [7, 11) is -2.38. The molecule has 0 bridgehead atoms. The zero-order valence-corrected chi connectivity index (χ0v) is 18.9. The minimum Gasteiger partial charge on any atom is -0.497 e. The van der Waals surface area contributed by atoms with E-state index in [1.165, 1.54) is 12.1 Å². The highest BCUT2D eigenvalue weighted by Gasteiger charge is 2.21. The fourth-order valence-electron chi connectivity index (χ4n) is 3.01. The van der Waals surface area contributed by atoms with Gasteiger partial charge in [-0.05, 0) is 47.4 Å². The van der Waals surface area contributed by atoms with Gasteiger partial charge in [0.05, 0.1) is 12.0 Å². The summed E-state index contributed by atoms with van der Waals surface area (Å²) in [5.74, 6) is 0.453. The van der Waals surface area contributed by atoms with E-state index in [9.17, 15) is 18.0 Å². The normalized spacial score (nSPS) is 11.4. The first-order chi connectivity index (χ1) is 15.2. The maximum atomic E-state index is 12.9. The van der Waals surface area contributed by atoms with Crippen molar-refractivity contribution in [2.45, 2.75) is 42.8 Å². The average Bonchev–Trinajstić information content (AvgIpc) is 2.79. The van der Waals surface area contributed by atoms with Gasteiger partial charge in [-0.1, -0.05) is 38.1 Å². The number of nitrogens with one attached hydrogen (secondary N) is 1. The van der Waals surface area contributed by atoms with Crippen molar-refractivity contribution in [3.8, 4) is 5.75 Å². The van der Waals surface area contributed by atoms with E-state index in [-0.39, 0.29) is 22.4 Å². The van der Waals surface area contributed by atoms with E-state index in [2.05, 4.69) is 10.4 Å². The Morgan fingerprint density at radius 3 is 2.47 bits per heavy atom. The third kappa shape index (κ3) is 5.42. The summed E-state index contributed by atoms with van der Waals surface area (Å²) in [5.41, 5.74) is 1.25. The number of hydrogen-bond acceptors (Lipinski definition) is 6. The lowest BCUT2D eigenvalue weighted by atomic mass is 10.0. The SMILES string of the molecule is COc1cccc(CNC(=O)Cn2nc(S(=O)(=O)c3ccc(C(C)C)cc3)ccc2=O)c1. The largest absolute Gasteiger partial charge is 0.497 e. The van der Waals surface area contributed by atoms with Crippen LogP contribution < -0.4 is 15.6 Å². The molecule has 1 N–H and O–H groups in total. The minimum atomic E-state index is -3.94. The van der Waals surface area contributed by atoms with E-state index in [1.807, 2.05) is 19.9 Å². The second-order valence-electron chi connectivity index (χ2n) is 7.52. The number of amides is 1. The number of carbonyl (C=O) groups is 1. The Labute approximate surface area is 186 Å². The Hall–Kier alpha value is -3.46. The summed E-state index contributed by atoms with van der Waals surface area (Å²) in [6.07, 6.45) is 0. The van der Waals surface area contributed by atoms with E-state index in [0.29, 0.717) is 5.75 Å². The predicted octanol–water partition coefficient (Wildman–Crippen LogP) is 2.52. The molecule has 1 aromatic heterocycles. The van der Waals surface area contributed by atoms with Crippen LogP contribution in [0.1, 0.15) is 30.9 Å². The number of methoxy groups -OCH3 is 1. The minimum absolute atomic E-state index is 0.0714. The van der Waals surface area contributed by atoms with Crippen LogP contribution in [0.15, 0.2) is 75.4 Å². The molecule has 3 aromatic rings. The van der Waals surface area contributed by atoms with Gasteiger partial charge < -0.3 is 10.1 Å². The van der Waals surface area contributed by atoms with Crippen molar-refractivity contribution in [3.63, 3.8) is 0 Å². The van der Waals surface area contributed by atoms with Crippen LogP contribution in [0.4, 0.5) is 0 Å². The lowest BCUT2D eigenvalue weighted by Crippen LogP contribution is -2.33. The van der Waals surface area contributed by atoms with Crippen LogP contribution in [0, 0.1) is 0 Å². The Morgan fingerprint density at radius 2 is 1.81 bits per heavy atom. The van der Waals surface area contributed by atoms with Crippen molar-refractivity contribution in [3.05, 3.63) is 82.1 Å². The topological polar surface area (TPSA) is 107 Å². The highest BCUT2D eigenvalue weighted by Crippen LogP contribution is 2.21. The predicted molar refractivity (Wildman–Crippen MR) is 119 cm³/mol. The second-order valence-corrected chi connectivity index (χ2v) is 9.42. The Morgan fingerprint density at radius 1 is 1.09 bits per heavy atom. The lowest BCUT2D eigenvalue weighted by molar-refractivity contribution is -0.122. The van der Waals surface area contributed by atoms with Gasteiger partial charge in [-0.2, -0.15) is 5.10 Å². The van der Waals surface area contributed by atoms with Crippen LogP contribution >= 0.6 is 0 Å². The summed E-state index contributed by atoms with van der Waals surface area (Å²) >= 11 is 0. The van der Waals surface area contributed by atoms with Crippen LogP contribution in [-0.2, 0) is 27.7 Å². The number of sulfone groups is 1. The third-order valence-electron chi connectivity index (χ3n) is 4.89. The lowest BCUT2D eigenvalue weighted by Gasteiger charge is -2.10. The smallest absolute Gasteiger partial charge is 0.267 e. The zero-order valence-electron chi connectivity index (χ0n) is 18.1. The third-order valence-corrected chi connectivity index (χ3v) is 6.55. The van der Waals surface area contributed by atoms with Gasteiger partial charge in [0.25, 0.3) is 5.56 Å². The van der Waals surface area contributed by atoms with Crippen LogP contribution in [0.2, 0.25) is 0 Å². The molecule has 9 heteroatoms. The van der Waals surface area contributed by atoms with Crippen molar-refractivity contribution in [2.75, 3.05) is 7.11 Å². The summed E-state index contributed by atoms with van der Waals surface area (Å²) in [6.45, 7) is 3.85. The number of rotatable bonds is 8. The van der Waals surface area contributed by atoms with Gasteiger partial charge in [0.1, 0.15) is 12.3 Å². The molecule has 0 saturated carbocycles. The van der Waals surface area contributed by atoms with Crippen LogP contribution in [0.5, 0.6) is 5.75 Å². The highest BCUT2D eigenvalue weighted by molar-refractivity contribution is 7.91. The molecular weight excluding hydrogens is 430 g/mol. The Balaban J connectivity index is 1.76. The van der Waals surface area contributed by atoms with E-state index in [1.54, 1.807) is 37.4 Å². The maximum absolute atomic E-state index is 12.9. The number of carbonyl (C=O) groups excluding carboxylic acids is 1. The fraction of sp³-hybridized carbons (Fsp3) is 0.261. The zero-order chi connectivity index (χ0) is 23.3. The summed E-state index contributed by atoms with van der Waals surface area (Å²) in [6, 6.07) is 16.0. The first-order valence-corrected chi connectivity index (χ1v) is 11.5. The molecule has 0 radical (unpaired) electrons. The molecule has 0 aliphatic heterocycles. The van der Waals surface area contributed by atoms with Crippen LogP contribution in [-0.4, -0.2) is 31.2 Å². The molecule has 0 unspecified atom stereocenters. The van der Waals surface area contributed by atoms with Gasteiger partial charge in [-0.3, -0.25) is 9.59 Å². The molecule has 1 amide bonds. The molecule has 3 rings (SSSR count). The molecule has 0 fully saturated rings. The average molecular weight is 456 g/mol. The summed E-state index contributed by atoms with van der Waals surface area (Å²) in [4.78, 5) is 24.6. The van der Waals surface area contributed by atoms with Gasteiger partial charge in [0.15, 0.2) is 5.03 Å². The highest BCUT2D eigenvalue weighted by atomic mass is 32.2. The first kappa shape index (κ1) is 23.2. The van der Waals surface area contributed by atoms with Crippen molar-refractivity contribution in [2.24, 2.45) is 0 Å². The standard InChI is InChI=1S/C23H25N3O5S/c1-16(2)18-7-9-20(10-8-18)32(29,30)22-11-12-23(28)26(25-22)15-21(27)24-14-17-5-4-6-19(13-17)31-3/h4-13,16H,14-15H2,1-3H3,(H,24,27). The Kier molecular flexibility index (Phi) is 7.09. The van der Waals surface area contributed by atoms with E-state index >= 15 is 0 Å². The van der Waals surface area contributed by atoms with Crippen LogP contribution in [0.3, 0.4) is 0 Å². The Bertz CT molecular complexity index is 1270. The molecule has 32 heavy (non-hydrogen) atoms. The van der Waals surface area contributed by atoms with E-state index in [0.717, 1.165) is 27.9 Å². The number of nitrogens with zero attached hydrogens (tertiary/aromatic N) is 2. The van der Waals surface area contributed by atoms with Crippen molar-refractivity contribution < 1.29 is 17.9 Å². The van der Waals surface area contributed by atoms with Gasteiger partial charge in [0.2, 0.25) is 15.7 Å². The molecule has 2 aromatic carbocycles. The second kappa shape index (κ2) is 9.78. The molecule has 0 aliphatic carbocycles. The van der Waals surface area contributed by atoms with Gasteiger partial charge >= 0.3 is 0 Å². The molecule has 168 valence electrons. The van der Waals surface area contributed by atoms with E-state index < -0.39 is 27.8 Å². The molecular formula is C23H25N3O5S. The number of ether oxygens (including phenoxy) is 1. The number of aromatic nitrogens is 2. The summed E-state index contributed by atoms with van der Waals surface area (Å²) in [5, 5.41) is 6.33. The van der Waals surface area contributed by atoms with E-state index in [4.69, 9.17) is 4.74 Å². The maximum Gasteiger partial charge on any atom is 0.267 e. The molecule has 1 heterocycles. The van der Waals surface area contributed by atoms with Gasteiger partial charge in [-0.15, -0.1) is 0 Å². The molecule has 0 atom stereocenters. The van der Waals surface area contributed by atoms with Gasteiger partial charge in [-0.25, -0.2) is 13.1 Å². The summed E-state index contributed by atoms with van der Waals surface area (Å²) < 4.78 is 31.9. The number of hydrogen-bond donors (Lipinski definition) is 1. The van der Waals surface area contributed by atoms with Crippen LogP contribution in [0.25, 0.3) is 0 Å². The fourth-order valence-corrected chi connectivity index (χ4v) is 4.20.